The van der Waals surface area contributed by atoms with E-state index in [0.29, 0.717) is 19.4 Å². The van der Waals surface area contributed by atoms with E-state index in [0.717, 1.165) is 30.5 Å². The number of carbonyl (C=O) groups excluding carboxylic acids is 1. The van der Waals surface area contributed by atoms with E-state index < -0.39 is 6.10 Å². The largest absolute Gasteiger partial charge is 0.388 e. The van der Waals surface area contributed by atoms with Crippen LogP contribution in [0.15, 0.2) is 24.3 Å². The summed E-state index contributed by atoms with van der Waals surface area (Å²) in [5.41, 5.74) is 1.45. The normalized spacial score (nSPS) is 23.9. The minimum absolute atomic E-state index is 0.103. The molecule has 4 heteroatoms. The van der Waals surface area contributed by atoms with Gasteiger partial charge < -0.3 is 14.7 Å². The second-order valence-electron chi connectivity index (χ2n) is 5.83. The molecule has 1 fully saturated rings. The van der Waals surface area contributed by atoms with Crippen molar-refractivity contribution in [3.05, 3.63) is 29.8 Å². The highest BCUT2D eigenvalue weighted by Gasteiger charge is 2.41. The molecule has 0 saturated heterocycles. The highest BCUT2D eigenvalue weighted by Crippen LogP contribution is 2.40. The summed E-state index contributed by atoms with van der Waals surface area (Å²) in [5, 5.41) is 10.0. The van der Waals surface area contributed by atoms with E-state index in [4.69, 9.17) is 4.74 Å². The number of hydrogen-bond acceptors (Lipinski definition) is 3. The molecule has 1 atom stereocenters. The summed E-state index contributed by atoms with van der Waals surface area (Å²) in [5.74, 6) is 0.103. The standard InChI is InChI=1S/C16H21NO3/c1-20-16(8-4-9-16)11-15(19)17-10-7-14(18)12-5-2-3-6-13(12)17/h2-3,5-6,14,18H,4,7-11H2,1H3. The number of ether oxygens (including phenoxy) is 1. The van der Waals surface area contributed by atoms with Crippen molar-refractivity contribution >= 4 is 11.6 Å². The first-order chi connectivity index (χ1) is 9.65. The highest BCUT2D eigenvalue weighted by molar-refractivity contribution is 5.95. The molecule has 20 heavy (non-hydrogen) atoms. The SMILES string of the molecule is COC1(CC(=O)N2CCC(O)c3ccccc32)CCC1. The molecule has 0 aromatic heterocycles. The molecule has 0 radical (unpaired) electrons. The fourth-order valence-electron chi connectivity index (χ4n) is 3.20. The minimum Gasteiger partial charge on any atom is -0.388 e. The maximum atomic E-state index is 12.6. The number of methoxy groups -OCH3 is 1. The number of amides is 1. The Labute approximate surface area is 119 Å². The van der Waals surface area contributed by atoms with Crippen molar-refractivity contribution in [1.82, 2.24) is 0 Å². The monoisotopic (exact) mass is 275 g/mol. The lowest BCUT2D eigenvalue weighted by molar-refractivity contribution is -0.132. The molecule has 1 aliphatic carbocycles. The molecule has 0 bridgehead atoms. The Balaban J connectivity index is 1.81. The van der Waals surface area contributed by atoms with Gasteiger partial charge in [-0.05, 0) is 31.7 Å². The molecule has 1 aromatic carbocycles. The lowest BCUT2D eigenvalue weighted by atomic mass is 9.77. The van der Waals surface area contributed by atoms with Crippen molar-refractivity contribution in [2.75, 3.05) is 18.6 Å². The molecule has 108 valence electrons. The quantitative estimate of drug-likeness (QED) is 0.921. The van der Waals surface area contributed by atoms with E-state index >= 15 is 0 Å². The summed E-state index contributed by atoms with van der Waals surface area (Å²) in [7, 11) is 1.69. The Morgan fingerprint density at radius 3 is 2.85 bits per heavy atom. The summed E-state index contributed by atoms with van der Waals surface area (Å²) < 4.78 is 5.55. The van der Waals surface area contributed by atoms with Crippen LogP contribution in [0.1, 0.15) is 43.8 Å². The molecule has 1 saturated carbocycles. The second kappa shape index (κ2) is 5.19. The van der Waals surface area contributed by atoms with Gasteiger partial charge in [0.2, 0.25) is 5.91 Å². The molecule has 1 N–H and O–H groups in total. The van der Waals surface area contributed by atoms with Crippen LogP contribution >= 0.6 is 0 Å². The van der Waals surface area contributed by atoms with Crippen molar-refractivity contribution in [2.24, 2.45) is 0 Å². The number of para-hydroxylation sites is 1. The van der Waals surface area contributed by atoms with Gasteiger partial charge in [0.15, 0.2) is 0 Å². The van der Waals surface area contributed by atoms with Gasteiger partial charge in [-0.1, -0.05) is 18.2 Å². The maximum absolute atomic E-state index is 12.6. The number of carbonyl (C=O) groups is 1. The van der Waals surface area contributed by atoms with E-state index in [9.17, 15) is 9.90 Å². The van der Waals surface area contributed by atoms with E-state index in [-0.39, 0.29) is 11.5 Å². The van der Waals surface area contributed by atoms with Gasteiger partial charge in [0, 0.05) is 24.9 Å². The average molecular weight is 275 g/mol. The van der Waals surface area contributed by atoms with Gasteiger partial charge in [-0.15, -0.1) is 0 Å². The molecule has 0 spiro atoms. The van der Waals surface area contributed by atoms with E-state index in [1.807, 2.05) is 24.3 Å². The molecular weight excluding hydrogens is 254 g/mol. The number of anilines is 1. The first-order valence-electron chi connectivity index (χ1n) is 7.28. The van der Waals surface area contributed by atoms with Gasteiger partial charge in [-0.3, -0.25) is 4.79 Å². The van der Waals surface area contributed by atoms with Gasteiger partial charge in [-0.25, -0.2) is 0 Å². The molecule has 1 heterocycles. The zero-order valence-electron chi connectivity index (χ0n) is 11.8. The Morgan fingerprint density at radius 1 is 1.45 bits per heavy atom. The van der Waals surface area contributed by atoms with Gasteiger partial charge in [0.05, 0.1) is 18.1 Å². The zero-order valence-corrected chi connectivity index (χ0v) is 11.8. The van der Waals surface area contributed by atoms with Crippen LogP contribution in [0.3, 0.4) is 0 Å². The third-order valence-corrected chi connectivity index (χ3v) is 4.68. The van der Waals surface area contributed by atoms with E-state index in [1.165, 1.54) is 0 Å². The van der Waals surface area contributed by atoms with Crippen molar-refractivity contribution < 1.29 is 14.6 Å². The Hall–Kier alpha value is -1.39. The Bertz CT molecular complexity index is 505. The summed E-state index contributed by atoms with van der Waals surface area (Å²) in [6.45, 7) is 0.580. The van der Waals surface area contributed by atoms with Crippen LogP contribution in [-0.4, -0.2) is 30.3 Å². The third-order valence-electron chi connectivity index (χ3n) is 4.68. The fraction of sp³-hybridized carbons (Fsp3) is 0.562. The van der Waals surface area contributed by atoms with Crippen molar-refractivity contribution in [1.29, 1.82) is 0 Å². The average Bonchev–Trinajstić information content (AvgIpc) is 2.43. The van der Waals surface area contributed by atoms with Crippen molar-refractivity contribution in [2.45, 2.75) is 43.8 Å². The van der Waals surface area contributed by atoms with Gasteiger partial charge in [0.25, 0.3) is 0 Å². The molecule has 4 nitrogen and oxygen atoms in total. The van der Waals surface area contributed by atoms with Crippen LogP contribution in [-0.2, 0) is 9.53 Å². The minimum atomic E-state index is -0.463. The zero-order chi connectivity index (χ0) is 14.2. The smallest absolute Gasteiger partial charge is 0.229 e. The Morgan fingerprint density at radius 2 is 2.20 bits per heavy atom. The number of aliphatic hydroxyl groups excluding tert-OH is 1. The van der Waals surface area contributed by atoms with Crippen molar-refractivity contribution in [3.63, 3.8) is 0 Å². The number of nitrogens with zero attached hydrogens (tertiary/aromatic N) is 1. The lowest BCUT2D eigenvalue weighted by Gasteiger charge is -2.42. The molecule has 1 amide bonds. The van der Waals surface area contributed by atoms with Gasteiger partial charge in [-0.2, -0.15) is 0 Å². The van der Waals surface area contributed by atoms with Crippen LogP contribution in [0.5, 0.6) is 0 Å². The number of aliphatic hydroxyl groups is 1. The van der Waals surface area contributed by atoms with Crippen LogP contribution in [0.2, 0.25) is 0 Å². The predicted octanol–water partition coefficient (Wildman–Crippen LogP) is 2.42. The predicted molar refractivity (Wildman–Crippen MR) is 76.6 cm³/mol. The third kappa shape index (κ3) is 2.23. The van der Waals surface area contributed by atoms with E-state index in [1.54, 1.807) is 12.0 Å². The molecular formula is C16H21NO3. The highest BCUT2D eigenvalue weighted by atomic mass is 16.5. The van der Waals surface area contributed by atoms with Gasteiger partial charge >= 0.3 is 0 Å². The van der Waals surface area contributed by atoms with Crippen LogP contribution in [0.25, 0.3) is 0 Å². The summed E-state index contributed by atoms with van der Waals surface area (Å²) in [6, 6.07) is 7.62. The van der Waals surface area contributed by atoms with Crippen molar-refractivity contribution in [3.8, 4) is 0 Å². The second-order valence-corrected chi connectivity index (χ2v) is 5.83. The summed E-state index contributed by atoms with van der Waals surface area (Å²) in [6.07, 6.45) is 3.64. The number of benzene rings is 1. The van der Waals surface area contributed by atoms with Crippen LogP contribution < -0.4 is 4.90 Å². The molecule has 2 aliphatic rings. The van der Waals surface area contributed by atoms with E-state index in [2.05, 4.69) is 0 Å². The Kier molecular flexibility index (Phi) is 3.52. The molecule has 1 unspecified atom stereocenters. The first-order valence-corrected chi connectivity index (χ1v) is 7.28. The number of fused-ring (bicyclic) bond motifs is 1. The summed E-state index contributed by atoms with van der Waals surface area (Å²) in [4.78, 5) is 14.4. The number of hydrogen-bond donors (Lipinski definition) is 1. The molecule has 1 aliphatic heterocycles. The topological polar surface area (TPSA) is 49.8 Å². The van der Waals surface area contributed by atoms with Crippen LogP contribution in [0.4, 0.5) is 5.69 Å². The summed E-state index contributed by atoms with van der Waals surface area (Å²) >= 11 is 0. The first kappa shape index (κ1) is 13.6. The van der Waals surface area contributed by atoms with Gasteiger partial charge in [0.1, 0.15) is 0 Å². The molecule has 1 aromatic rings. The molecule has 3 rings (SSSR count). The maximum Gasteiger partial charge on any atom is 0.229 e. The number of rotatable bonds is 3. The fourth-order valence-corrected chi connectivity index (χ4v) is 3.20. The van der Waals surface area contributed by atoms with Crippen LogP contribution in [0, 0.1) is 0 Å². The lowest BCUT2D eigenvalue weighted by Crippen LogP contribution is -2.46.